The smallest absolute Gasteiger partial charge is 0.188 e. The third kappa shape index (κ3) is 24.0. The van der Waals surface area contributed by atoms with Crippen molar-refractivity contribution in [1.82, 2.24) is 0 Å². The van der Waals surface area contributed by atoms with Gasteiger partial charge in [-0.2, -0.15) is 0 Å². The van der Waals surface area contributed by atoms with Gasteiger partial charge in [-0.25, -0.2) is 0 Å². The molecule has 14 aromatic carbocycles. The van der Waals surface area contributed by atoms with E-state index in [1.54, 1.807) is 304 Å². The quantitative estimate of drug-likeness (QED) is 0.0322. The molecule has 0 radical (unpaired) electrons. The van der Waals surface area contributed by atoms with E-state index in [0.29, 0.717) is 111 Å². The Kier molecular flexibility index (Phi) is 33.9. The molecule has 4 aliphatic carbocycles. The molecule has 2 N–H and O–H groups in total. The predicted molar refractivity (Wildman–Crippen MR) is 537 cm³/mol. The van der Waals surface area contributed by atoms with Crippen molar-refractivity contribution in [2.24, 2.45) is 23.7 Å². The number of benzene rings is 14. The summed E-state index contributed by atoms with van der Waals surface area (Å²) in [6.45, 7) is 9.30. The van der Waals surface area contributed by atoms with E-state index in [0.717, 1.165) is 33.2 Å². The lowest BCUT2D eigenvalue weighted by molar-refractivity contribution is 0.0509. The van der Waals surface area contributed by atoms with Crippen LogP contribution < -0.4 is 9.47 Å². The third-order valence-electron chi connectivity index (χ3n) is 23.9. The zero-order chi connectivity index (χ0) is 103. The molecule has 25 heteroatoms. The monoisotopic (exact) mass is 1940 g/mol. The minimum atomic E-state index is -1.27. The van der Waals surface area contributed by atoms with E-state index in [9.17, 15) is 96.5 Å². The van der Waals surface area contributed by atoms with Crippen LogP contribution in [0.15, 0.2) is 344 Å². The summed E-state index contributed by atoms with van der Waals surface area (Å²) < 4.78 is 20.4. The summed E-state index contributed by atoms with van der Waals surface area (Å²) >= 11 is 5.94. The highest BCUT2D eigenvalue weighted by molar-refractivity contribution is 6.41. The number of Topliss-reactive ketones (excluding diaryl/α,β-unsaturated/α-hetero) is 18. The lowest BCUT2D eigenvalue weighted by Gasteiger charge is -2.09. The molecule has 19 rings (SSSR count). The zero-order valence-corrected chi connectivity index (χ0v) is 79.5. The molecule has 0 saturated carbocycles. The number of halogens is 1. The molecule has 0 bridgehead atoms. The van der Waals surface area contributed by atoms with Crippen LogP contribution in [0, 0.1) is 58.3 Å². The van der Waals surface area contributed by atoms with Gasteiger partial charge in [0.05, 0.1) is 43.8 Å². The topological polar surface area (TPSA) is 389 Å². The van der Waals surface area contributed by atoms with E-state index in [1.165, 1.54) is 38.5 Å². The highest BCUT2D eigenvalue weighted by atomic mass is 35.5. The molecule has 0 saturated heterocycles. The molecule has 0 unspecified atom stereocenters. The molecule has 144 heavy (non-hydrogen) atoms. The molecule has 0 fully saturated rings. The summed E-state index contributed by atoms with van der Waals surface area (Å²) in [6.07, 6.45) is 0.883. The second-order valence-electron chi connectivity index (χ2n) is 33.7. The first-order chi connectivity index (χ1) is 69.2. The fraction of sp³-hybridized carbons (Fsp3) is 0.126. The molecule has 1 heterocycles. The maximum absolute atomic E-state index is 12.6. The second-order valence-corrected chi connectivity index (χ2v) is 34.1. The van der Waals surface area contributed by atoms with E-state index in [2.05, 4.69) is 0 Å². The highest BCUT2D eigenvalue weighted by Crippen LogP contribution is 2.37. The summed E-state index contributed by atoms with van der Waals surface area (Å²) in [6, 6.07) is 92.0. The lowest BCUT2D eigenvalue weighted by Crippen LogP contribution is -2.25. The van der Waals surface area contributed by atoms with Gasteiger partial charge in [-0.3, -0.25) is 86.3 Å². The van der Waals surface area contributed by atoms with Gasteiger partial charge in [-0.05, 0) is 99.8 Å². The van der Waals surface area contributed by atoms with Crippen LogP contribution in [0.1, 0.15) is 234 Å². The number of carbonyl (C=O) groups excluding carboxylic acids is 18. The van der Waals surface area contributed by atoms with Gasteiger partial charge in [0.2, 0.25) is 0 Å². The number of phenolic OH excluding ortho intramolecular Hbond substituents is 2. The SMILES string of the molecule is COCOc1ccc(C(=O)CC(=O)c2ccccc2)c(O)c1.COc1cc(C(=O)C2C(=O)c3ccccc3C2=O)ccc1C.Cc1cc(O)c(C(=O)CC(=O)c2ccccc2)cc1Cl.Cc1cc2occc2cc1C(=O)CC(=O)c1ccccc1.Cc1ccc(C(=O)C2C(=O)c3ccccc3C2=O)cc1.Cc1ccc(C(=O)C2C(=O)c3ccccc3C2=O)cc1.O=C(c1ccccc1)C1C(=O)c2ccccc2C1=O. The summed E-state index contributed by atoms with van der Waals surface area (Å²) in [4.78, 5) is 220. The number of hydrogen-bond donors (Lipinski definition) is 2. The van der Waals surface area contributed by atoms with Gasteiger partial charge < -0.3 is 28.8 Å². The van der Waals surface area contributed by atoms with Crippen molar-refractivity contribution in [3.05, 3.63) is 473 Å². The number of carbonyl (C=O) groups is 18. The summed E-state index contributed by atoms with van der Waals surface area (Å²) in [5, 5.41) is 20.9. The number of rotatable bonds is 24. The number of aromatic hydroxyl groups is 2. The van der Waals surface area contributed by atoms with Crippen LogP contribution in [-0.2, 0) is 4.74 Å². The zero-order valence-electron chi connectivity index (χ0n) is 78.7. The average molecular weight is 1940 g/mol. The highest BCUT2D eigenvalue weighted by Gasteiger charge is 2.47. The van der Waals surface area contributed by atoms with Crippen LogP contribution >= 0.6 is 11.6 Å². The molecule has 4 aliphatic rings. The van der Waals surface area contributed by atoms with Crippen LogP contribution in [0.25, 0.3) is 11.0 Å². The van der Waals surface area contributed by atoms with Crippen molar-refractivity contribution in [3.8, 4) is 23.0 Å². The van der Waals surface area contributed by atoms with Crippen molar-refractivity contribution >= 4 is 127 Å². The standard InChI is InChI=1S/C18H14O4.C18H14O3.C17H16O5.2C17H12O3.C16H13ClO3.C16H10O3/c1-10-7-8-11(9-14(10)22-2)16(19)15-17(20)12-5-3-4-6-13(12)18(15)21;1-12-9-18-14(7-8-21-18)10-15(12)17(20)11-16(19)13-5-3-2-4-6-13;1-21-11-22-13-7-8-14(16(19)9-13)17(20)10-15(18)12-5-3-2-4-6-12;2*1-10-6-8-11(9-7-10)15(18)14-16(19)12-4-2-3-5-13(12)17(14)20;1-10-7-15(19)12(8-13(10)17)16(20)9-14(18)11-5-3-2-4-6-11;17-14(10-6-2-1-3-7-10)13-15(18)11-8-4-5-9-12(11)16(13)19/h3-9,15H,1-2H3;2-10H,11H2,1H3;2-9,19H,10-11H2,1H3;2*2-9,14H,1H3;2-8,19H,9H2,1H3;1-9,13H. The van der Waals surface area contributed by atoms with Gasteiger partial charge >= 0.3 is 0 Å². The molecule has 24 nitrogen and oxygen atoms in total. The lowest BCUT2D eigenvalue weighted by atomic mass is 9.92. The van der Waals surface area contributed by atoms with Crippen molar-refractivity contribution < 1.29 is 115 Å². The summed E-state index contributed by atoms with van der Waals surface area (Å²) in [5.41, 5.74) is 11.7. The van der Waals surface area contributed by atoms with E-state index >= 15 is 0 Å². The number of fused-ring (bicyclic) bond motifs is 5. The van der Waals surface area contributed by atoms with Crippen molar-refractivity contribution in [1.29, 1.82) is 0 Å². The fourth-order valence-corrected chi connectivity index (χ4v) is 16.3. The van der Waals surface area contributed by atoms with Crippen LogP contribution in [-0.4, -0.2) is 135 Å². The first kappa shape index (κ1) is 104. The van der Waals surface area contributed by atoms with Gasteiger partial charge in [-0.1, -0.05) is 302 Å². The van der Waals surface area contributed by atoms with Crippen molar-refractivity contribution in [2.45, 2.75) is 53.9 Å². The molecular weight excluding hydrogens is 1850 g/mol. The van der Waals surface area contributed by atoms with Crippen LogP contribution in [0.4, 0.5) is 0 Å². The molecular formula is C119H91ClO24. The Morgan fingerprint density at radius 2 is 0.604 bits per heavy atom. The van der Waals surface area contributed by atoms with Crippen LogP contribution in [0.5, 0.6) is 23.0 Å². The molecule has 0 aliphatic heterocycles. The maximum Gasteiger partial charge on any atom is 0.188 e. The minimum Gasteiger partial charge on any atom is -0.507 e. The minimum absolute atomic E-state index is 0.0409. The second kappa shape index (κ2) is 47.2. The summed E-state index contributed by atoms with van der Waals surface area (Å²) in [7, 11) is 2.99. The van der Waals surface area contributed by atoms with Gasteiger partial charge in [0.25, 0.3) is 0 Å². The predicted octanol–water partition coefficient (Wildman–Crippen LogP) is 22.0. The first-order valence-corrected chi connectivity index (χ1v) is 45.5. The first-order valence-electron chi connectivity index (χ1n) is 45.1. The van der Waals surface area contributed by atoms with E-state index in [1.807, 2.05) is 45.9 Å². The Morgan fingerprint density at radius 1 is 0.292 bits per heavy atom. The maximum atomic E-state index is 12.6. The molecule has 718 valence electrons. The number of furan rings is 1. The van der Waals surface area contributed by atoms with Crippen molar-refractivity contribution in [2.75, 3.05) is 21.0 Å². The molecule has 0 amide bonds. The number of hydrogen-bond acceptors (Lipinski definition) is 24. The Labute approximate surface area is 831 Å². The summed E-state index contributed by atoms with van der Waals surface area (Å²) in [5.74, 6) is -11.1. The number of phenols is 2. The third-order valence-corrected chi connectivity index (χ3v) is 24.3. The molecule has 1 aromatic heterocycles. The molecule has 15 aromatic rings. The Hall–Kier alpha value is -17.9. The van der Waals surface area contributed by atoms with Gasteiger partial charge in [0.15, 0.2) is 111 Å². The van der Waals surface area contributed by atoms with Gasteiger partial charge in [0, 0.05) is 113 Å². The number of aryl methyl sites for hydroxylation is 5. The number of ether oxygens (including phenoxy) is 3. The van der Waals surface area contributed by atoms with Crippen molar-refractivity contribution in [3.63, 3.8) is 0 Å². The van der Waals surface area contributed by atoms with Crippen LogP contribution in [0.2, 0.25) is 5.02 Å². The van der Waals surface area contributed by atoms with E-state index in [-0.39, 0.29) is 71.8 Å². The van der Waals surface area contributed by atoms with Gasteiger partial charge in [-0.15, -0.1) is 0 Å². The number of methoxy groups -OCH3 is 2. The Bertz CT molecular complexity index is 7330. The van der Waals surface area contributed by atoms with E-state index < -0.39 is 105 Å². The largest absolute Gasteiger partial charge is 0.507 e. The normalized spacial score (nSPS) is 12.6. The molecule has 0 spiro atoms. The van der Waals surface area contributed by atoms with Crippen LogP contribution in [0.3, 0.4) is 0 Å². The average Bonchev–Trinajstić information content (AvgIpc) is 1.63. The number of ketones is 18. The Balaban J connectivity index is 0.000000141. The molecule has 0 atom stereocenters. The Morgan fingerprint density at radius 3 is 0.951 bits per heavy atom. The van der Waals surface area contributed by atoms with E-state index in [4.69, 9.17) is 30.2 Å². The van der Waals surface area contributed by atoms with Gasteiger partial charge in [0.1, 0.15) is 52.3 Å². The fourth-order valence-electron chi connectivity index (χ4n) is 16.2.